The summed E-state index contributed by atoms with van der Waals surface area (Å²) in [5.41, 5.74) is -6.59. The highest BCUT2D eigenvalue weighted by atomic mass is 19.4. The molecule has 0 saturated carbocycles. The first-order chi connectivity index (χ1) is 17.8. The molecule has 3 rings (SSSR count). The standard InChI is InChI=1S/C20H14F4N4O8.C2H6/c1-26-15(20(22,23)24)8-16(29)27(19(26)31)11-7-14(12(28(32)33)6-10(11)21)36-13-4-3-5-25-18(13)35-9-17(30)34-2;1-2/h3-8H,9H2,1-2H3;1-2H3. The maximum Gasteiger partial charge on any atom is 0.431 e. The van der Waals surface area contributed by atoms with Crippen LogP contribution in [-0.4, -0.2) is 38.7 Å². The summed E-state index contributed by atoms with van der Waals surface area (Å²) in [6.07, 6.45) is -3.83. The van der Waals surface area contributed by atoms with Crippen molar-refractivity contribution in [1.29, 1.82) is 0 Å². The van der Waals surface area contributed by atoms with Crippen LogP contribution in [0.4, 0.5) is 23.2 Å². The van der Waals surface area contributed by atoms with Crippen LogP contribution in [0.15, 0.2) is 46.1 Å². The molecule has 0 atom stereocenters. The number of hydrogen-bond acceptors (Lipinski definition) is 9. The van der Waals surface area contributed by atoms with E-state index in [4.69, 9.17) is 9.47 Å². The van der Waals surface area contributed by atoms with Gasteiger partial charge < -0.3 is 14.2 Å². The zero-order valence-electron chi connectivity index (χ0n) is 20.2. The normalized spacial score (nSPS) is 10.7. The van der Waals surface area contributed by atoms with Gasteiger partial charge in [-0.25, -0.2) is 23.5 Å². The Hall–Kier alpha value is -4.76. The molecule has 0 amide bonds. The van der Waals surface area contributed by atoms with Gasteiger partial charge in [-0.3, -0.25) is 19.5 Å². The Bertz CT molecular complexity index is 1470. The quantitative estimate of drug-likeness (QED) is 0.189. The van der Waals surface area contributed by atoms with E-state index >= 15 is 0 Å². The summed E-state index contributed by atoms with van der Waals surface area (Å²) < 4.78 is 69.3. The van der Waals surface area contributed by atoms with Gasteiger partial charge >= 0.3 is 23.5 Å². The third-order valence-electron chi connectivity index (χ3n) is 4.59. The number of esters is 1. The number of methoxy groups -OCH3 is 1. The van der Waals surface area contributed by atoms with Crippen LogP contribution >= 0.6 is 0 Å². The highest BCUT2D eigenvalue weighted by molar-refractivity contribution is 5.71. The second kappa shape index (κ2) is 12.0. The summed E-state index contributed by atoms with van der Waals surface area (Å²) >= 11 is 0. The molecule has 0 saturated heterocycles. The van der Waals surface area contributed by atoms with Crippen molar-refractivity contribution >= 4 is 11.7 Å². The van der Waals surface area contributed by atoms with Gasteiger partial charge in [0.25, 0.3) is 11.4 Å². The number of nitro benzene ring substituents is 1. The van der Waals surface area contributed by atoms with E-state index in [9.17, 15) is 42.1 Å². The molecule has 2 heterocycles. The van der Waals surface area contributed by atoms with E-state index in [1.807, 2.05) is 13.8 Å². The third kappa shape index (κ3) is 6.32. The Kier molecular flexibility index (Phi) is 9.29. The monoisotopic (exact) mass is 544 g/mol. The highest BCUT2D eigenvalue weighted by Crippen LogP contribution is 2.37. The smallest absolute Gasteiger partial charge is 0.431 e. The molecule has 3 aromatic rings. The number of pyridine rings is 1. The fourth-order valence-electron chi connectivity index (χ4n) is 2.91. The lowest BCUT2D eigenvalue weighted by Gasteiger charge is -2.15. The number of benzene rings is 1. The first kappa shape index (κ1) is 29.5. The van der Waals surface area contributed by atoms with E-state index in [1.165, 1.54) is 18.3 Å². The van der Waals surface area contributed by atoms with Gasteiger partial charge in [-0.15, -0.1) is 0 Å². The van der Waals surface area contributed by atoms with Crippen molar-refractivity contribution in [2.75, 3.05) is 13.7 Å². The van der Waals surface area contributed by atoms with Gasteiger partial charge in [0.15, 0.2) is 18.2 Å². The Labute approximate surface area is 210 Å². The first-order valence-corrected chi connectivity index (χ1v) is 10.6. The summed E-state index contributed by atoms with van der Waals surface area (Å²) in [6, 6.07) is 3.52. The number of halogens is 4. The molecule has 0 unspecified atom stereocenters. The maximum absolute atomic E-state index is 14.8. The van der Waals surface area contributed by atoms with Crippen molar-refractivity contribution in [3.8, 4) is 23.1 Å². The lowest BCUT2D eigenvalue weighted by Crippen LogP contribution is -2.41. The van der Waals surface area contributed by atoms with Gasteiger partial charge in [-0.1, -0.05) is 13.8 Å². The third-order valence-corrected chi connectivity index (χ3v) is 4.59. The molecule has 16 heteroatoms. The number of nitrogens with zero attached hydrogens (tertiary/aromatic N) is 4. The van der Waals surface area contributed by atoms with E-state index in [0.29, 0.717) is 19.2 Å². The van der Waals surface area contributed by atoms with E-state index in [1.54, 1.807) is 0 Å². The number of carbonyl (C=O) groups excluding carboxylic acids is 1. The Morgan fingerprint density at radius 3 is 2.39 bits per heavy atom. The van der Waals surface area contributed by atoms with Crippen LogP contribution in [0.2, 0.25) is 0 Å². The molecule has 1 aromatic carbocycles. The average Bonchev–Trinajstić information content (AvgIpc) is 2.87. The summed E-state index contributed by atoms with van der Waals surface area (Å²) in [5.74, 6) is -3.61. The van der Waals surface area contributed by atoms with E-state index in [2.05, 4.69) is 9.72 Å². The van der Waals surface area contributed by atoms with Crippen molar-refractivity contribution in [2.45, 2.75) is 20.0 Å². The molecule has 38 heavy (non-hydrogen) atoms. The van der Waals surface area contributed by atoms with Gasteiger partial charge in [-0.05, 0) is 12.1 Å². The predicted octanol–water partition coefficient (Wildman–Crippen LogP) is 3.37. The second-order valence-electron chi connectivity index (χ2n) is 6.84. The van der Waals surface area contributed by atoms with Gasteiger partial charge in [0, 0.05) is 25.4 Å². The second-order valence-corrected chi connectivity index (χ2v) is 6.84. The Morgan fingerprint density at radius 2 is 1.82 bits per heavy atom. The van der Waals surface area contributed by atoms with Gasteiger partial charge in [0.1, 0.15) is 5.69 Å². The fourth-order valence-corrected chi connectivity index (χ4v) is 2.91. The van der Waals surface area contributed by atoms with Crippen LogP contribution in [0, 0.1) is 15.9 Å². The summed E-state index contributed by atoms with van der Waals surface area (Å²) in [4.78, 5) is 50.5. The first-order valence-electron chi connectivity index (χ1n) is 10.6. The number of ether oxygens (including phenoxy) is 3. The van der Waals surface area contributed by atoms with Gasteiger partial charge in [0.2, 0.25) is 5.75 Å². The molecule has 0 spiro atoms. The van der Waals surface area contributed by atoms with Crippen molar-refractivity contribution < 1.29 is 41.5 Å². The lowest BCUT2D eigenvalue weighted by molar-refractivity contribution is -0.385. The number of nitro groups is 1. The minimum absolute atomic E-state index is 0.0546. The summed E-state index contributed by atoms with van der Waals surface area (Å²) in [5, 5.41) is 11.5. The van der Waals surface area contributed by atoms with E-state index in [0.717, 1.165) is 7.11 Å². The predicted molar refractivity (Wildman–Crippen MR) is 122 cm³/mol. The van der Waals surface area contributed by atoms with Gasteiger partial charge in [-0.2, -0.15) is 13.2 Å². The molecule has 2 aromatic heterocycles. The highest BCUT2D eigenvalue weighted by Gasteiger charge is 2.35. The number of rotatable bonds is 7. The lowest BCUT2D eigenvalue weighted by atomic mass is 10.2. The molecule has 0 aliphatic rings. The molecule has 0 aliphatic carbocycles. The SMILES string of the molecule is CC.COC(=O)COc1ncccc1Oc1cc(-n2c(=O)cc(C(F)(F)F)n(C)c2=O)c(F)cc1[N+](=O)[O-]. The largest absolute Gasteiger partial charge is 0.466 e. The van der Waals surface area contributed by atoms with E-state index in [-0.39, 0.29) is 26.8 Å². The Balaban J connectivity index is 0.00000247. The maximum atomic E-state index is 14.8. The molecule has 0 aliphatic heterocycles. The van der Waals surface area contributed by atoms with E-state index < -0.39 is 63.6 Å². The minimum Gasteiger partial charge on any atom is -0.466 e. The van der Waals surface area contributed by atoms with Crippen LogP contribution in [0.5, 0.6) is 17.4 Å². The fraction of sp³-hybridized carbons (Fsp3) is 0.273. The summed E-state index contributed by atoms with van der Waals surface area (Å²) in [7, 11) is 1.81. The number of aromatic nitrogens is 3. The van der Waals surface area contributed by atoms with Crippen LogP contribution in [0.25, 0.3) is 5.69 Å². The molecule has 204 valence electrons. The zero-order chi connectivity index (χ0) is 28.8. The number of alkyl halides is 3. The zero-order valence-corrected chi connectivity index (χ0v) is 20.2. The number of carbonyl (C=O) groups is 1. The van der Waals surface area contributed by atoms with Gasteiger partial charge in [0.05, 0.1) is 23.8 Å². The molecule has 0 fully saturated rings. The van der Waals surface area contributed by atoms with Crippen molar-refractivity contribution in [3.05, 3.63) is 79.0 Å². The van der Waals surface area contributed by atoms with Crippen LogP contribution in [0.1, 0.15) is 19.5 Å². The average molecular weight is 544 g/mol. The molecule has 0 N–H and O–H groups in total. The molecule has 0 bridgehead atoms. The summed E-state index contributed by atoms with van der Waals surface area (Å²) in [6.45, 7) is 3.39. The number of hydrogen-bond donors (Lipinski definition) is 0. The molecular weight excluding hydrogens is 524 g/mol. The minimum atomic E-state index is -5.06. The van der Waals surface area contributed by atoms with Crippen LogP contribution in [0.3, 0.4) is 0 Å². The van der Waals surface area contributed by atoms with Crippen molar-refractivity contribution in [1.82, 2.24) is 14.1 Å². The van der Waals surface area contributed by atoms with Crippen LogP contribution in [-0.2, 0) is 22.8 Å². The van der Waals surface area contributed by atoms with Crippen LogP contribution < -0.4 is 20.7 Å². The molecule has 12 nitrogen and oxygen atoms in total. The van der Waals surface area contributed by atoms with Crippen molar-refractivity contribution in [2.24, 2.45) is 7.05 Å². The van der Waals surface area contributed by atoms with Crippen molar-refractivity contribution in [3.63, 3.8) is 0 Å². The Morgan fingerprint density at radius 1 is 1.16 bits per heavy atom. The molecular formula is C22H20F4N4O8. The topological polar surface area (TPSA) is 145 Å². The molecule has 0 radical (unpaired) electrons.